The molecule has 1 aromatic carbocycles. The monoisotopic (exact) mass is 303 g/mol. The third-order valence-electron chi connectivity index (χ3n) is 3.37. The second kappa shape index (κ2) is 6.07. The summed E-state index contributed by atoms with van der Waals surface area (Å²) >= 11 is 0. The van der Waals surface area contributed by atoms with Crippen molar-refractivity contribution in [1.29, 1.82) is 0 Å². The number of carbonyl (C=O) groups is 1. The summed E-state index contributed by atoms with van der Waals surface area (Å²) in [5.41, 5.74) is 0.481. The van der Waals surface area contributed by atoms with E-state index in [2.05, 4.69) is 9.97 Å². The van der Waals surface area contributed by atoms with E-state index in [0.717, 1.165) is 0 Å². The van der Waals surface area contributed by atoms with E-state index < -0.39 is 5.97 Å². The molecule has 1 N–H and O–H groups in total. The third kappa shape index (κ3) is 3.04. The predicted octanol–water partition coefficient (Wildman–Crippen LogP) is 1.82. The molecular weight excluding hydrogens is 289 g/mol. The number of carboxylic acids is 1. The molecule has 1 aliphatic rings. The maximum absolute atomic E-state index is 13.0. The summed E-state index contributed by atoms with van der Waals surface area (Å²) in [5, 5.41) is 9.23. The highest BCUT2D eigenvalue weighted by atomic mass is 19.1. The zero-order valence-corrected chi connectivity index (χ0v) is 11.7. The van der Waals surface area contributed by atoms with Crippen LogP contribution in [0.25, 0.3) is 11.4 Å². The van der Waals surface area contributed by atoms with Crippen LogP contribution in [-0.2, 0) is 4.74 Å². The average Bonchev–Trinajstić information content (AvgIpc) is 2.56. The van der Waals surface area contributed by atoms with Crippen LogP contribution in [0.3, 0.4) is 0 Å². The molecule has 1 saturated heterocycles. The largest absolute Gasteiger partial charge is 0.477 e. The van der Waals surface area contributed by atoms with E-state index in [-0.39, 0.29) is 17.3 Å². The van der Waals surface area contributed by atoms with Gasteiger partial charge in [-0.15, -0.1) is 0 Å². The van der Waals surface area contributed by atoms with Crippen molar-refractivity contribution >= 4 is 11.8 Å². The molecular formula is C15H14FN3O3. The van der Waals surface area contributed by atoms with Gasteiger partial charge in [0.1, 0.15) is 11.6 Å². The van der Waals surface area contributed by atoms with E-state index in [9.17, 15) is 14.3 Å². The Kier molecular flexibility index (Phi) is 3.97. The number of hydrogen-bond acceptors (Lipinski definition) is 5. The standard InChI is InChI=1S/C15H14FN3O3/c16-11-3-1-10(2-4-11)14-17-12(15(20)21)9-13(18-14)19-5-7-22-8-6-19/h1-4,9H,5-8H2,(H,20,21). The fourth-order valence-electron chi connectivity index (χ4n) is 2.23. The van der Waals surface area contributed by atoms with Crippen molar-refractivity contribution in [3.8, 4) is 11.4 Å². The van der Waals surface area contributed by atoms with Gasteiger partial charge in [0.05, 0.1) is 13.2 Å². The number of nitrogens with zero attached hydrogens (tertiary/aromatic N) is 3. The van der Waals surface area contributed by atoms with Gasteiger partial charge in [0, 0.05) is 24.7 Å². The molecule has 0 unspecified atom stereocenters. The van der Waals surface area contributed by atoms with E-state index >= 15 is 0 Å². The van der Waals surface area contributed by atoms with Crippen LogP contribution >= 0.6 is 0 Å². The number of rotatable bonds is 3. The number of aromatic carboxylic acids is 1. The van der Waals surface area contributed by atoms with Crippen molar-refractivity contribution in [3.63, 3.8) is 0 Å². The van der Waals surface area contributed by atoms with Crippen molar-refractivity contribution in [3.05, 3.63) is 41.8 Å². The zero-order chi connectivity index (χ0) is 15.5. The maximum Gasteiger partial charge on any atom is 0.354 e. The lowest BCUT2D eigenvalue weighted by Crippen LogP contribution is -2.37. The van der Waals surface area contributed by atoms with Crippen LogP contribution in [0.4, 0.5) is 10.2 Å². The van der Waals surface area contributed by atoms with E-state index in [1.54, 1.807) is 0 Å². The first-order valence-electron chi connectivity index (χ1n) is 6.84. The van der Waals surface area contributed by atoms with Gasteiger partial charge >= 0.3 is 5.97 Å². The SMILES string of the molecule is O=C(O)c1cc(N2CCOCC2)nc(-c2ccc(F)cc2)n1. The molecule has 0 bridgehead atoms. The van der Waals surface area contributed by atoms with Crippen LogP contribution < -0.4 is 4.90 Å². The van der Waals surface area contributed by atoms with Gasteiger partial charge in [-0.05, 0) is 24.3 Å². The summed E-state index contributed by atoms with van der Waals surface area (Å²) in [7, 11) is 0. The molecule has 1 fully saturated rings. The van der Waals surface area contributed by atoms with Crippen LogP contribution in [0.5, 0.6) is 0 Å². The average molecular weight is 303 g/mol. The molecule has 2 heterocycles. The van der Waals surface area contributed by atoms with Crippen LogP contribution in [0.2, 0.25) is 0 Å². The lowest BCUT2D eigenvalue weighted by molar-refractivity contribution is 0.0690. The summed E-state index contributed by atoms with van der Waals surface area (Å²) in [6.45, 7) is 2.41. The van der Waals surface area contributed by atoms with Crippen LogP contribution in [0, 0.1) is 5.82 Å². The number of aromatic nitrogens is 2. The number of benzene rings is 1. The predicted molar refractivity (Wildman–Crippen MR) is 77.4 cm³/mol. The Balaban J connectivity index is 2.03. The van der Waals surface area contributed by atoms with Crippen molar-refractivity contribution in [2.45, 2.75) is 0 Å². The van der Waals surface area contributed by atoms with Gasteiger partial charge in [0.2, 0.25) is 0 Å². The van der Waals surface area contributed by atoms with Crippen molar-refractivity contribution in [2.24, 2.45) is 0 Å². The minimum Gasteiger partial charge on any atom is -0.477 e. The summed E-state index contributed by atoms with van der Waals surface area (Å²) in [6, 6.07) is 7.08. The highest BCUT2D eigenvalue weighted by Crippen LogP contribution is 2.21. The molecule has 0 saturated carbocycles. The second-order valence-electron chi connectivity index (χ2n) is 4.85. The Morgan fingerprint density at radius 3 is 2.50 bits per heavy atom. The van der Waals surface area contributed by atoms with Crippen LogP contribution in [0.15, 0.2) is 30.3 Å². The number of anilines is 1. The third-order valence-corrected chi connectivity index (χ3v) is 3.37. The van der Waals surface area contributed by atoms with Gasteiger partial charge in [-0.2, -0.15) is 0 Å². The Morgan fingerprint density at radius 1 is 1.18 bits per heavy atom. The van der Waals surface area contributed by atoms with Gasteiger partial charge in [0.25, 0.3) is 0 Å². The minimum absolute atomic E-state index is 0.0872. The quantitative estimate of drug-likeness (QED) is 0.932. The molecule has 7 heteroatoms. The zero-order valence-electron chi connectivity index (χ0n) is 11.7. The second-order valence-corrected chi connectivity index (χ2v) is 4.85. The van der Waals surface area contributed by atoms with Crippen molar-refractivity contribution < 1.29 is 19.0 Å². The first-order valence-corrected chi connectivity index (χ1v) is 6.84. The van der Waals surface area contributed by atoms with Crippen molar-refractivity contribution in [2.75, 3.05) is 31.2 Å². The van der Waals surface area contributed by atoms with Gasteiger partial charge in [-0.25, -0.2) is 19.2 Å². The van der Waals surface area contributed by atoms with Crippen LogP contribution in [-0.4, -0.2) is 47.3 Å². The first-order chi connectivity index (χ1) is 10.6. The lowest BCUT2D eigenvalue weighted by Gasteiger charge is -2.28. The Hall–Kier alpha value is -2.54. The molecule has 6 nitrogen and oxygen atoms in total. The molecule has 0 aliphatic carbocycles. The van der Waals surface area contributed by atoms with Gasteiger partial charge in [-0.3, -0.25) is 0 Å². The normalized spacial score (nSPS) is 14.9. The number of morpholine rings is 1. The highest BCUT2D eigenvalue weighted by Gasteiger charge is 2.18. The van der Waals surface area contributed by atoms with Crippen molar-refractivity contribution in [1.82, 2.24) is 9.97 Å². The summed E-state index contributed by atoms with van der Waals surface area (Å²) in [6.07, 6.45) is 0. The van der Waals surface area contributed by atoms with E-state index in [1.165, 1.54) is 30.3 Å². The molecule has 0 radical (unpaired) electrons. The minimum atomic E-state index is -1.12. The highest BCUT2D eigenvalue weighted by molar-refractivity contribution is 5.87. The summed E-state index contributed by atoms with van der Waals surface area (Å²) in [5.74, 6) is -0.691. The topological polar surface area (TPSA) is 75.5 Å². The Bertz CT molecular complexity index is 685. The van der Waals surface area contributed by atoms with E-state index in [4.69, 9.17) is 4.74 Å². The summed E-state index contributed by atoms with van der Waals surface area (Å²) < 4.78 is 18.3. The molecule has 0 spiro atoms. The van der Waals surface area contributed by atoms with Gasteiger partial charge in [0.15, 0.2) is 11.5 Å². The fourth-order valence-corrected chi connectivity index (χ4v) is 2.23. The fraction of sp³-hybridized carbons (Fsp3) is 0.267. The molecule has 0 amide bonds. The van der Waals surface area contributed by atoms with E-state index in [0.29, 0.717) is 37.7 Å². The Labute approximate surface area is 126 Å². The van der Waals surface area contributed by atoms with Gasteiger partial charge < -0.3 is 14.7 Å². The Morgan fingerprint density at radius 2 is 1.86 bits per heavy atom. The van der Waals surface area contributed by atoms with Crippen LogP contribution in [0.1, 0.15) is 10.5 Å². The molecule has 2 aromatic rings. The summed E-state index contributed by atoms with van der Waals surface area (Å²) in [4.78, 5) is 21.7. The molecule has 1 aliphatic heterocycles. The van der Waals surface area contributed by atoms with Gasteiger partial charge in [-0.1, -0.05) is 0 Å². The van der Waals surface area contributed by atoms with E-state index in [1.807, 2.05) is 4.90 Å². The number of carboxylic acid groups (broad SMARTS) is 1. The lowest BCUT2D eigenvalue weighted by atomic mass is 10.2. The number of ether oxygens (including phenoxy) is 1. The number of halogens is 1. The molecule has 0 atom stereocenters. The first kappa shape index (κ1) is 14.4. The molecule has 3 rings (SSSR count). The maximum atomic E-state index is 13.0. The number of hydrogen-bond donors (Lipinski definition) is 1. The molecule has 1 aromatic heterocycles. The molecule has 114 valence electrons. The molecule has 22 heavy (non-hydrogen) atoms. The smallest absolute Gasteiger partial charge is 0.354 e.